The maximum Gasteiger partial charge on any atom is 0.338 e. The van der Waals surface area contributed by atoms with Crippen LogP contribution in [0.3, 0.4) is 0 Å². The van der Waals surface area contributed by atoms with Gasteiger partial charge in [0.25, 0.3) is 0 Å². The third kappa shape index (κ3) is 3.23. The maximum atomic E-state index is 11.8. The predicted octanol–water partition coefficient (Wildman–Crippen LogP) is 4.62. The highest BCUT2D eigenvalue weighted by Crippen LogP contribution is 2.33. The van der Waals surface area contributed by atoms with Crippen LogP contribution in [0.2, 0.25) is 0 Å². The normalized spacial score (nSPS) is 10.8. The van der Waals surface area contributed by atoms with Crippen molar-refractivity contribution in [3.8, 4) is 0 Å². The number of rotatable bonds is 5. The fraction of sp³-hybridized carbons (Fsp3) is 0.278. The molecule has 2 aromatic heterocycles. The van der Waals surface area contributed by atoms with Gasteiger partial charge in [0.2, 0.25) is 0 Å². The number of nitrogens with zero attached hydrogens (tertiary/aromatic N) is 2. The lowest BCUT2D eigenvalue weighted by Crippen LogP contribution is -2.05. The zero-order chi connectivity index (χ0) is 17.1. The molecule has 3 aromatic rings. The number of thiophene rings is 1. The summed E-state index contributed by atoms with van der Waals surface area (Å²) in [4.78, 5) is 22.8. The molecule has 0 unspecified atom stereocenters. The van der Waals surface area contributed by atoms with Crippen molar-refractivity contribution < 1.29 is 9.53 Å². The first kappa shape index (κ1) is 16.4. The molecule has 0 saturated carbocycles. The summed E-state index contributed by atoms with van der Waals surface area (Å²) in [5.41, 5.74) is 2.60. The quantitative estimate of drug-likeness (QED) is 0.686. The molecule has 24 heavy (non-hydrogen) atoms. The Morgan fingerprint density at radius 2 is 1.96 bits per heavy atom. The van der Waals surface area contributed by atoms with E-state index in [1.807, 2.05) is 19.1 Å². The number of hydrogen-bond acceptors (Lipinski definition) is 6. The zero-order valence-electron chi connectivity index (χ0n) is 13.9. The maximum absolute atomic E-state index is 11.8. The van der Waals surface area contributed by atoms with Gasteiger partial charge in [-0.2, -0.15) is 0 Å². The Kier molecular flexibility index (Phi) is 4.76. The number of esters is 1. The molecule has 0 amide bonds. The van der Waals surface area contributed by atoms with Gasteiger partial charge in [-0.1, -0.05) is 6.92 Å². The molecule has 1 N–H and O–H groups in total. The largest absolute Gasteiger partial charge is 0.462 e. The smallest absolute Gasteiger partial charge is 0.338 e. The van der Waals surface area contributed by atoms with Crippen LogP contribution in [0.4, 0.5) is 11.5 Å². The van der Waals surface area contributed by atoms with Gasteiger partial charge in [-0.05, 0) is 50.1 Å². The molecule has 0 atom stereocenters. The van der Waals surface area contributed by atoms with Crippen molar-refractivity contribution in [3.05, 3.63) is 46.6 Å². The molecule has 0 saturated heterocycles. The lowest BCUT2D eigenvalue weighted by atomic mass is 10.2. The Bertz CT molecular complexity index is 872. The van der Waals surface area contributed by atoms with Gasteiger partial charge >= 0.3 is 5.97 Å². The molecule has 5 nitrogen and oxygen atoms in total. The Morgan fingerprint density at radius 3 is 2.67 bits per heavy atom. The van der Waals surface area contributed by atoms with Crippen LogP contribution >= 0.6 is 11.3 Å². The summed E-state index contributed by atoms with van der Waals surface area (Å²) in [6.45, 7) is 6.57. The molecule has 0 bridgehead atoms. The van der Waals surface area contributed by atoms with Crippen molar-refractivity contribution in [3.63, 3.8) is 0 Å². The van der Waals surface area contributed by atoms with E-state index < -0.39 is 0 Å². The van der Waals surface area contributed by atoms with Crippen LogP contribution in [0.5, 0.6) is 0 Å². The van der Waals surface area contributed by atoms with Crippen molar-refractivity contribution in [2.24, 2.45) is 0 Å². The van der Waals surface area contributed by atoms with Crippen LogP contribution in [0.1, 0.15) is 34.1 Å². The first-order valence-electron chi connectivity index (χ1n) is 7.85. The second kappa shape index (κ2) is 6.97. The summed E-state index contributed by atoms with van der Waals surface area (Å²) >= 11 is 1.67. The molecule has 124 valence electrons. The SMILES string of the molecule is CCCOC(=O)c1ccc(Nc2ncnc3sc(C)c(C)c23)cc1. The molecule has 3 rings (SSSR count). The van der Waals surface area contributed by atoms with E-state index in [1.165, 1.54) is 10.4 Å². The third-order valence-electron chi connectivity index (χ3n) is 3.79. The number of ether oxygens (including phenoxy) is 1. The van der Waals surface area contributed by atoms with Gasteiger partial charge in [0.05, 0.1) is 17.6 Å². The Morgan fingerprint density at radius 1 is 1.21 bits per heavy atom. The van der Waals surface area contributed by atoms with Crippen LogP contribution in [0.25, 0.3) is 10.2 Å². The van der Waals surface area contributed by atoms with E-state index in [0.29, 0.717) is 12.2 Å². The summed E-state index contributed by atoms with van der Waals surface area (Å²) in [7, 11) is 0. The number of carbonyl (C=O) groups excluding carboxylic acids is 1. The van der Waals surface area contributed by atoms with Crippen LogP contribution in [-0.2, 0) is 4.74 Å². The van der Waals surface area contributed by atoms with Crippen molar-refractivity contribution in [1.29, 1.82) is 0 Å². The van der Waals surface area contributed by atoms with Crippen molar-refractivity contribution in [1.82, 2.24) is 9.97 Å². The van der Waals surface area contributed by atoms with Gasteiger partial charge in [-0.25, -0.2) is 14.8 Å². The van der Waals surface area contributed by atoms with E-state index in [-0.39, 0.29) is 5.97 Å². The van der Waals surface area contributed by atoms with Gasteiger partial charge in [-0.3, -0.25) is 0 Å². The molecule has 0 fully saturated rings. The molecule has 0 aliphatic heterocycles. The lowest BCUT2D eigenvalue weighted by molar-refractivity contribution is 0.0505. The Balaban J connectivity index is 1.83. The Labute approximate surface area is 144 Å². The number of aromatic nitrogens is 2. The predicted molar refractivity (Wildman–Crippen MR) is 97.2 cm³/mol. The van der Waals surface area contributed by atoms with E-state index in [1.54, 1.807) is 29.8 Å². The summed E-state index contributed by atoms with van der Waals surface area (Å²) in [6.07, 6.45) is 2.38. The molecular weight excluding hydrogens is 322 g/mol. The summed E-state index contributed by atoms with van der Waals surface area (Å²) < 4.78 is 5.13. The van der Waals surface area contributed by atoms with Gasteiger partial charge in [0.1, 0.15) is 17.0 Å². The summed E-state index contributed by atoms with van der Waals surface area (Å²) in [6, 6.07) is 7.21. The minimum absolute atomic E-state index is 0.294. The lowest BCUT2D eigenvalue weighted by Gasteiger charge is -2.08. The van der Waals surface area contributed by atoms with Crippen LogP contribution in [0, 0.1) is 13.8 Å². The fourth-order valence-corrected chi connectivity index (χ4v) is 3.38. The van der Waals surface area contributed by atoms with Crippen LogP contribution in [-0.4, -0.2) is 22.5 Å². The second-order valence-corrected chi connectivity index (χ2v) is 6.73. The van der Waals surface area contributed by atoms with Crippen LogP contribution < -0.4 is 5.32 Å². The van der Waals surface area contributed by atoms with E-state index in [2.05, 4.69) is 29.1 Å². The van der Waals surface area contributed by atoms with E-state index in [0.717, 1.165) is 28.1 Å². The second-order valence-electron chi connectivity index (χ2n) is 5.52. The fourth-order valence-electron chi connectivity index (χ4n) is 2.38. The van der Waals surface area contributed by atoms with Gasteiger partial charge in [0.15, 0.2) is 0 Å². The number of aryl methyl sites for hydroxylation is 2. The summed E-state index contributed by atoms with van der Waals surface area (Å²) in [5.74, 6) is 0.486. The van der Waals surface area contributed by atoms with E-state index in [9.17, 15) is 4.79 Å². The number of anilines is 2. The molecule has 1 aromatic carbocycles. The monoisotopic (exact) mass is 341 g/mol. The molecule has 2 heterocycles. The number of benzene rings is 1. The highest BCUT2D eigenvalue weighted by molar-refractivity contribution is 7.18. The van der Waals surface area contributed by atoms with Crippen LogP contribution in [0.15, 0.2) is 30.6 Å². The van der Waals surface area contributed by atoms with Gasteiger partial charge in [-0.15, -0.1) is 11.3 Å². The highest BCUT2D eigenvalue weighted by Gasteiger charge is 2.12. The third-order valence-corrected chi connectivity index (χ3v) is 4.90. The topological polar surface area (TPSA) is 64.1 Å². The molecule has 0 aliphatic carbocycles. The zero-order valence-corrected chi connectivity index (χ0v) is 14.7. The molecular formula is C18H19N3O2S. The molecule has 0 radical (unpaired) electrons. The minimum atomic E-state index is -0.294. The van der Waals surface area contributed by atoms with Crippen molar-refractivity contribution in [2.75, 3.05) is 11.9 Å². The first-order valence-corrected chi connectivity index (χ1v) is 8.66. The average Bonchev–Trinajstić information content (AvgIpc) is 2.89. The Hall–Kier alpha value is -2.47. The number of nitrogens with one attached hydrogen (secondary N) is 1. The minimum Gasteiger partial charge on any atom is -0.462 e. The van der Waals surface area contributed by atoms with E-state index in [4.69, 9.17) is 4.74 Å². The van der Waals surface area contributed by atoms with Gasteiger partial charge in [0, 0.05) is 10.6 Å². The molecule has 0 aliphatic rings. The highest BCUT2D eigenvalue weighted by atomic mass is 32.1. The first-order chi connectivity index (χ1) is 11.6. The molecule has 0 spiro atoms. The standard InChI is InChI=1S/C18H19N3O2S/c1-4-9-23-18(22)13-5-7-14(8-6-13)21-16-15-11(2)12(3)24-17(15)20-10-19-16/h5-8,10H,4,9H2,1-3H3,(H,19,20,21). The number of hydrogen-bond donors (Lipinski definition) is 1. The average molecular weight is 341 g/mol. The van der Waals surface area contributed by atoms with Crippen molar-refractivity contribution >= 4 is 39.0 Å². The van der Waals surface area contributed by atoms with E-state index >= 15 is 0 Å². The number of fused-ring (bicyclic) bond motifs is 1. The van der Waals surface area contributed by atoms with Gasteiger partial charge < -0.3 is 10.1 Å². The van der Waals surface area contributed by atoms with Crippen molar-refractivity contribution in [2.45, 2.75) is 27.2 Å². The number of carbonyl (C=O) groups is 1. The summed E-state index contributed by atoms with van der Waals surface area (Å²) in [5, 5.41) is 4.36. The molecule has 6 heteroatoms.